The van der Waals surface area contributed by atoms with Gasteiger partial charge in [0, 0.05) is 17.7 Å². The maximum absolute atomic E-state index is 5.52. The zero-order valence-electron chi connectivity index (χ0n) is 5.28. The number of aliphatic imine (C=N–C) groups is 1. The van der Waals surface area contributed by atoms with E-state index >= 15 is 0 Å². The van der Waals surface area contributed by atoms with Crippen LogP contribution in [-0.4, -0.2) is 12.3 Å². The molecule has 0 aliphatic heterocycles. The van der Waals surface area contributed by atoms with Crippen molar-refractivity contribution in [1.82, 2.24) is 5.32 Å². The van der Waals surface area contributed by atoms with Crippen molar-refractivity contribution in [2.45, 2.75) is 6.92 Å². The summed E-state index contributed by atoms with van der Waals surface area (Å²) in [4.78, 5) is 5.42. The van der Waals surface area contributed by atoms with E-state index in [1.165, 1.54) is 0 Å². The second-order valence-corrected chi connectivity index (χ2v) is 2.25. The molecule has 2 nitrogen and oxygen atoms in total. The highest BCUT2D eigenvalue weighted by Crippen LogP contribution is 1.93. The second kappa shape index (κ2) is 4.82. The summed E-state index contributed by atoms with van der Waals surface area (Å²) in [5.74, 6) is 0. The van der Waals surface area contributed by atoms with E-state index in [0.29, 0.717) is 5.29 Å². The fraction of sp³-hybridized carbons (Fsp3) is 0.400. The van der Waals surface area contributed by atoms with Crippen LogP contribution >= 0.6 is 27.5 Å². The molecule has 0 aliphatic carbocycles. The SMILES string of the molecule is CN=C(Cl)N/C(C)=C\Br. The predicted molar refractivity (Wildman–Crippen MR) is 45.0 cm³/mol. The molecule has 0 spiro atoms. The van der Waals surface area contributed by atoms with Crippen LogP contribution in [0.15, 0.2) is 15.7 Å². The van der Waals surface area contributed by atoms with Crippen molar-refractivity contribution in [3.05, 3.63) is 10.7 Å². The highest BCUT2D eigenvalue weighted by molar-refractivity contribution is 9.11. The maximum Gasteiger partial charge on any atom is 0.195 e. The van der Waals surface area contributed by atoms with Gasteiger partial charge in [-0.15, -0.1) is 0 Å². The van der Waals surface area contributed by atoms with Gasteiger partial charge in [-0.25, -0.2) is 0 Å². The van der Waals surface area contributed by atoms with Crippen molar-refractivity contribution in [1.29, 1.82) is 0 Å². The highest BCUT2D eigenvalue weighted by atomic mass is 79.9. The van der Waals surface area contributed by atoms with Crippen LogP contribution < -0.4 is 5.32 Å². The van der Waals surface area contributed by atoms with Gasteiger partial charge < -0.3 is 5.32 Å². The molecule has 0 aromatic rings. The van der Waals surface area contributed by atoms with Gasteiger partial charge in [0.25, 0.3) is 0 Å². The molecule has 0 rings (SSSR count). The normalized spacial score (nSPS) is 13.8. The topological polar surface area (TPSA) is 24.4 Å². The molecule has 4 heteroatoms. The largest absolute Gasteiger partial charge is 0.334 e. The average molecular weight is 211 g/mol. The average Bonchev–Trinajstić information content (AvgIpc) is 1.87. The minimum Gasteiger partial charge on any atom is -0.334 e. The molecule has 0 aromatic heterocycles. The van der Waals surface area contributed by atoms with E-state index in [1.807, 2.05) is 6.92 Å². The first-order valence-electron chi connectivity index (χ1n) is 2.37. The van der Waals surface area contributed by atoms with E-state index in [0.717, 1.165) is 5.70 Å². The van der Waals surface area contributed by atoms with Crippen molar-refractivity contribution < 1.29 is 0 Å². The molecule has 0 radical (unpaired) electrons. The fourth-order valence-corrected chi connectivity index (χ4v) is 0.509. The Morgan fingerprint density at radius 3 is 2.67 bits per heavy atom. The monoisotopic (exact) mass is 210 g/mol. The molecule has 0 saturated heterocycles. The van der Waals surface area contributed by atoms with Crippen molar-refractivity contribution in [2.75, 3.05) is 7.05 Å². The van der Waals surface area contributed by atoms with Crippen molar-refractivity contribution in [2.24, 2.45) is 4.99 Å². The first kappa shape index (κ1) is 8.98. The van der Waals surface area contributed by atoms with Gasteiger partial charge in [0.05, 0.1) is 0 Å². The zero-order chi connectivity index (χ0) is 7.28. The van der Waals surface area contributed by atoms with E-state index in [-0.39, 0.29) is 0 Å². The summed E-state index contributed by atoms with van der Waals surface area (Å²) in [6.45, 7) is 1.88. The second-order valence-electron chi connectivity index (χ2n) is 1.43. The summed E-state index contributed by atoms with van der Waals surface area (Å²) >= 11 is 8.65. The molecular weight excluding hydrogens is 203 g/mol. The molecule has 52 valence electrons. The van der Waals surface area contributed by atoms with Gasteiger partial charge >= 0.3 is 0 Å². The first-order chi connectivity index (χ1) is 4.20. The molecule has 1 N–H and O–H groups in total. The highest BCUT2D eigenvalue weighted by Gasteiger charge is 1.88. The molecule has 0 unspecified atom stereocenters. The Bertz CT molecular complexity index is 126. The number of nitrogens with one attached hydrogen (secondary N) is 1. The third-order valence-corrected chi connectivity index (χ3v) is 1.61. The zero-order valence-corrected chi connectivity index (χ0v) is 7.62. The molecule has 0 atom stereocenters. The lowest BCUT2D eigenvalue weighted by Gasteiger charge is -1.99. The number of hydrogen-bond acceptors (Lipinski definition) is 1. The summed E-state index contributed by atoms with van der Waals surface area (Å²) in [6.07, 6.45) is 0. The summed E-state index contributed by atoms with van der Waals surface area (Å²) in [7, 11) is 1.62. The Labute approximate surface area is 68.1 Å². The van der Waals surface area contributed by atoms with Crippen LogP contribution in [0.1, 0.15) is 6.92 Å². The van der Waals surface area contributed by atoms with Gasteiger partial charge in [0.15, 0.2) is 5.29 Å². The van der Waals surface area contributed by atoms with Crippen LogP contribution in [0.5, 0.6) is 0 Å². The Morgan fingerprint density at radius 2 is 2.33 bits per heavy atom. The van der Waals surface area contributed by atoms with Gasteiger partial charge in [0.2, 0.25) is 0 Å². The van der Waals surface area contributed by atoms with Gasteiger partial charge in [-0.3, -0.25) is 4.99 Å². The molecular formula is C5H8BrClN2. The van der Waals surface area contributed by atoms with Crippen LogP contribution in [-0.2, 0) is 0 Å². The molecule has 0 saturated carbocycles. The number of allylic oxidation sites excluding steroid dienone is 1. The van der Waals surface area contributed by atoms with E-state index in [1.54, 1.807) is 12.0 Å². The Hall–Kier alpha value is -0.0200. The number of rotatable bonds is 1. The quantitative estimate of drug-likeness (QED) is 0.401. The van der Waals surface area contributed by atoms with Crippen LogP contribution in [0.4, 0.5) is 0 Å². The molecule has 0 bridgehead atoms. The predicted octanol–water partition coefficient (Wildman–Crippen LogP) is 2.06. The maximum atomic E-state index is 5.52. The minimum absolute atomic E-state index is 0.392. The Kier molecular flexibility index (Phi) is 4.81. The van der Waals surface area contributed by atoms with Gasteiger partial charge in [-0.05, 0) is 18.5 Å². The van der Waals surface area contributed by atoms with Crippen LogP contribution in [0.3, 0.4) is 0 Å². The standard InChI is InChI=1S/C5H8BrClN2/c1-4(3-6)9-5(7)8-2/h3H,1-2H3,(H,8,9)/b4-3-. The summed E-state index contributed by atoms with van der Waals surface area (Å²) < 4.78 is 0. The van der Waals surface area contributed by atoms with Crippen molar-refractivity contribution >= 4 is 32.8 Å². The third kappa shape index (κ3) is 4.48. The van der Waals surface area contributed by atoms with Crippen LogP contribution in [0, 0.1) is 0 Å². The third-order valence-electron chi connectivity index (χ3n) is 0.660. The van der Waals surface area contributed by atoms with Crippen molar-refractivity contribution in [3.8, 4) is 0 Å². The van der Waals surface area contributed by atoms with Gasteiger partial charge in [0.1, 0.15) is 0 Å². The van der Waals surface area contributed by atoms with Gasteiger partial charge in [-0.1, -0.05) is 15.9 Å². The molecule has 0 amide bonds. The lowest BCUT2D eigenvalue weighted by Crippen LogP contribution is -2.14. The molecule has 0 fully saturated rings. The molecule has 0 aliphatic rings. The van der Waals surface area contributed by atoms with Crippen LogP contribution in [0.2, 0.25) is 0 Å². The van der Waals surface area contributed by atoms with E-state index < -0.39 is 0 Å². The lowest BCUT2D eigenvalue weighted by atomic mass is 10.6. The number of nitrogens with zero attached hydrogens (tertiary/aromatic N) is 1. The smallest absolute Gasteiger partial charge is 0.195 e. The van der Waals surface area contributed by atoms with E-state index in [2.05, 4.69) is 26.2 Å². The Morgan fingerprint density at radius 1 is 1.78 bits per heavy atom. The first-order valence-corrected chi connectivity index (χ1v) is 3.66. The molecule has 0 aromatic carbocycles. The lowest BCUT2D eigenvalue weighted by molar-refractivity contribution is 1.13. The summed E-state index contributed by atoms with van der Waals surface area (Å²) in [5, 5.41) is 3.20. The Balaban J connectivity index is 3.75. The fourth-order valence-electron chi connectivity index (χ4n) is 0.246. The summed E-state index contributed by atoms with van der Waals surface area (Å²) in [6, 6.07) is 0. The van der Waals surface area contributed by atoms with E-state index in [4.69, 9.17) is 11.6 Å². The number of amidine groups is 1. The number of hydrogen-bond donors (Lipinski definition) is 1. The van der Waals surface area contributed by atoms with Gasteiger partial charge in [-0.2, -0.15) is 0 Å². The van der Waals surface area contributed by atoms with Crippen LogP contribution in [0.25, 0.3) is 0 Å². The van der Waals surface area contributed by atoms with Crippen molar-refractivity contribution in [3.63, 3.8) is 0 Å². The van der Waals surface area contributed by atoms with E-state index in [9.17, 15) is 0 Å². The molecule has 9 heavy (non-hydrogen) atoms. The minimum atomic E-state index is 0.392. The molecule has 0 heterocycles. The number of halogens is 2. The summed E-state index contributed by atoms with van der Waals surface area (Å²) in [5.41, 5.74) is 0.922.